The summed E-state index contributed by atoms with van der Waals surface area (Å²) in [6.45, 7) is -0.0729. The second-order valence-electron chi connectivity index (χ2n) is 3.61. The van der Waals surface area contributed by atoms with E-state index in [-0.39, 0.29) is 12.5 Å². The summed E-state index contributed by atoms with van der Waals surface area (Å²) in [6.07, 6.45) is 1.55. The van der Waals surface area contributed by atoms with Crippen molar-refractivity contribution in [1.29, 1.82) is 5.26 Å². The molecule has 0 aliphatic carbocycles. The Labute approximate surface area is 110 Å². The zero-order valence-electron chi connectivity index (χ0n) is 10.0. The highest BCUT2D eigenvalue weighted by molar-refractivity contribution is 6.03. The fourth-order valence-corrected chi connectivity index (χ4v) is 1.49. The van der Waals surface area contributed by atoms with Crippen molar-refractivity contribution in [2.45, 2.75) is 0 Å². The van der Waals surface area contributed by atoms with Crippen molar-refractivity contribution >= 4 is 11.6 Å². The van der Waals surface area contributed by atoms with Crippen LogP contribution in [0.5, 0.6) is 5.75 Å². The van der Waals surface area contributed by atoms with E-state index in [2.05, 4.69) is 10.3 Å². The first-order valence-electron chi connectivity index (χ1n) is 5.62. The maximum absolute atomic E-state index is 11.9. The molecule has 1 amide bonds. The number of nitrogens with zero attached hydrogens (tertiary/aromatic N) is 2. The molecule has 5 heteroatoms. The van der Waals surface area contributed by atoms with Crippen LogP contribution in [0.15, 0.2) is 48.7 Å². The first-order chi connectivity index (χ1) is 9.31. The minimum absolute atomic E-state index is 0.0729. The van der Waals surface area contributed by atoms with Crippen LogP contribution in [0, 0.1) is 11.3 Å². The zero-order valence-corrected chi connectivity index (χ0v) is 10.0. The Balaban J connectivity index is 2.15. The van der Waals surface area contributed by atoms with Crippen LogP contribution in [0.25, 0.3) is 0 Å². The molecule has 0 fully saturated rings. The van der Waals surface area contributed by atoms with Gasteiger partial charge in [0.15, 0.2) is 6.61 Å². The van der Waals surface area contributed by atoms with E-state index in [0.29, 0.717) is 17.1 Å². The fourth-order valence-electron chi connectivity index (χ4n) is 1.49. The molecule has 0 saturated heterocycles. The number of amides is 1. The van der Waals surface area contributed by atoms with Gasteiger partial charge < -0.3 is 10.1 Å². The minimum atomic E-state index is -0.325. The summed E-state index contributed by atoms with van der Waals surface area (Å²) in [5.74, 6) is 0.127. The predicted octanol–water partition coefficient (Wildman–Crippen LogP) is 2.24. The maximum atomic E-state index is 11.9. The number of pyridine rings is 1. The Hall–Kier alpha value is -2.87. The Kier molecular flexibility index (Phi) is 4.09. The van der Waals surface area contributed by atoms with Crippen molar-refractivity contribution in [2.75, 3.05) is 11.9 Å². The van der Waals surface area contributed by atoms with Crippen LogP contribution < -0.4 is 10.1 Å². The first-order valence-corrected chi connectivity index (χ1v) is 5.62. The SMILES string of the molecule is N#CCOc1ccccc1NC(=O)c1ccccn1. The van der Waals surface area contributed by atoms with E-state index in [1.165, 1.54) is 0 Å². The molecule has 19 heavy (non-hydrogen) atoms. The Morgan fingerprint density at radius 3 is 2.79 bits per heavy atom. The van der Waals surface area contributed by atoms with Gasteiger partial charge in [-0.15, -0.1) is 0 Å². The summed E-state index contributed by atoms with van der Waals surface area (Å²) in [5, 5.41) is 11.2. The number of ether oxygens (including phenoxy) is 1. The predicted molar refractivity (Wildman–Crippen MR) is 69.7 cm³/mol. The van der Waals surface area contributed by atoms with Crippen molar-refractivity contribution in [1.82, 2.24) is 4.98 Å². The van der Waals surface area contributed by atoms with Crippen molar-refractivity contribution in [2.24, 2.45) is 0 Å². The summed E-state index contributed by atoms with van der Waals surface area (Å²) in [7, 11) is 0. The minimum Gasteiger partial charge on any atom is -0.477 e. The topological polar surface area (TPSA) is 75.0 Å². The van der Waals surface area contributed by atoms with E-state index in [1.54, 1.807) is 48.7 Å². The summed E-state index contributed by atoms with van der Waals surface area (Å²) < 4.78 is 5.23. The van der Waals surface area contributed by atoms with Crippen LogP contribution in [-0.4, -0.2) is 17.5 Å². The molecule has 2 aromatic rings. The molecular weight excluding hydrogens is 242 g/mol. The number of benzene rings is 1. The van der Waals surface area contributed by atoms with Crippen LogP contribution in [0.4, 0.5) is 5.69 Å². The van der Waals surface area contributed by atoms with E-state index in [4.69, 9.17) is 10.00 Å². The smallest absolute Gasteiger partial charge is 0.274 e. The van der Waals surface area contributed by atoms with Crippen LogP contribution >= 0.6 is 0 Å². The number of carbonyl (C=O) groups excluding carboxylic acids is 1. The lowest BCUT2D eigenvalue weighted by molar-refractivity contribution is 0.102. The third-order valence-electron chi connectivity index (χ3n) is 2.33. The summed E-state index contributed by atoms with van der Waals surface area (Å²) in [5.41, 5.74) is 0.825. The largest absolute Gasteiger partial charge is 0.477 e. The Morgan fingerprint density at radius 1 is 1.26 bits per heavy atom. The van der Waals surface area contributed by atoms with Crippen LogP contribution in [-0.2, 0) is 0 Å². The van der Waals surface area contributed by atoms with Crippen LogP contribution in [0.2, 0.25) is 0 Å². The molecule has 0 aliphatic rings. The first kappa shape index (κ1) is 12.6. The van der Waals surface area contributed by atoms with Crippen molar-refractivity contribution in [3.63, 3.8) is 0 Å². The Morgan fingerprint density at radius 2 is 2.05 bits per heavy atom. The van der Waals surface area contributed by atoms with Gasteiger partial charge in [-0.1, -0.05) is 18.2 Å². The molecule has 0 unspecified atom stereocenters. The van der Waals surface area contributed by atoms with Crippen molar-refractivity contribution < 1.29 is 9.53 Å². The highest BCUT2D eigenvalue weighted by Gasteiger charge is 2.10. The number of nitrogens with one attached hydrogen (secondary N) is 1. The molecule has 0 aliphatic heterocycles. The van der Waals surface area contributed by atoms with Gasteiger partial charge in [-0.25, -0.2) is 0 Å². The molecule has 2 rings (SSSR count). The number of hydrogen-bond acceptors (Lipinski definition) is 4. The molecule has 0 atom stereocenters. The van der Waals surface area contributed by atoms with Gasteiger partial charge in [-0.3, -0.25) is 9.78 Å². The number of aromatic nitrogens is 1. The number of nitriles is 1. The second kappa shape index (κ2) is 6.17. The van der Waals surface area contributed by atoms with E-state index in [0.717, 1.165) is 0 Å². The monoisotopic (exact) mass is 253 g/mol. The lowest BCUT2D eigenvalue weighted by Gasteiger charge is -2.10. The van der Waals surface area contributed by atoms with Gasteiger partial charge in [0.05, 0.1) is 5.69 Å². The normalized spacial score (nSPS) is 9.42. The standard InChI is InChI=1S/C14H11N3O2/c15-8-10-19-13-7-2-1-5-11(13)17-14(18)12-6-3-4-9-16-12/h1-7,9H,10H2,(H,17,18). The third-order valence-corrected chi connectivity index (χ3v) is 2.33. The van der Waals surface area contributed by atoms with Crippen LogP contribution in [0.1, 0.15) is 10.5 Å². The molecule has 0 spiro atoms. The van der Waals surface area contributed by atoms with Crippen molar-refractivity contribution in [3.8, 4) is 11.8 Å². The molecule has 1 aromatic carbocycles. The lowest BCUT2D eigenvalue weighted by Crippen LogP contribution is -2.14. The quantitative estimate of drug-likeness (QED) is 0.906. The molecule has 94 valence electrons. The van der Waals surface area contributed by atoms with Gasteiger partial charge in [0.25, 0.3) is 5.91 Å². The van der Waals surface area contributed by atoms with E-state index < -0.39 is 0 Å². The van der Waals surface area contributed by atoms with Gasteiger partial charge in [-0.2, -0.15) is 5.26 Å². The van der Waals surface area contributed by atoms with Gasteiger partial charge in [0.1, 0.15) is 17.5 Å². The average molecular weight is 253 g/mol. The molecular formula is C14H11N3O2. The van der Waals surface area contributed by atoms with Gasteiger partial charge in [0, 0.05) is 6.20 Å². The van der Waals surface area contributed by atoms with E-state index >= 15 is 0 Å². The summed E-state index contributed by atoms with van der Waals surface area (Å²) in [4.78, 5) is 15.9. The summed E-state index contributed by atoms with van der Waals surface area (Å²) >= 11 is 0. The summed E-state index contributed by atoms with van der Waals surface area (Å²) in [6, 6.07) is 13.9. The highest BCUT2D eigenvalue weighted by atomic mass is 16.5. The zero-order chi connectivity index (χ0) is 13.5. The molecule has 1 heterocycles. The average Bonchev–Trinajstić information content (AvgIpc) is 2.47. The highest BCUT2D eigenvalue weighted by Crippen LogP contribution is 2.23. The number of rotatable bonds is 4. The molecule has 0 radical (unpaired) electrons. The number of carbonyl (C=O) groups is 1. The second-order valence-corrected chi connectivity index (χ2v) is 3.61. The number of para-hydroxylation sites is 2. The lowest BCUT2D eigenvalue weighted by atomic mass is 10.2. The molecule has 1 N–H and O–H groups in total. The third kappa shape index (κ3) is 3.30. The van der Waals surface area contributed by atoms with Gasteiger partial charge in [0.2, 0.25) is 0 Å². The Bertz CT molecular complexity index is 606. The number of anilines is 1. The molecule has 5 nitrogen and oxygen atoms in total. The van der Waals surface area contributed by atoms with Crippen LogP contribution in [0.3, 0.4) is 0 Å². The van der Waals surface area contributed by atoms with E-state index in [1.807, 2.05) is 6.07 Å². The van der Waals surface area contributed by atoms with Gasteiger partial charge in [-0.05, 0) is 24.3 Å². The van der Waals surface area contributed by atoms with Gasteiger partial charge >= 0.3 is 0 Å². The maximum Gasteiger partial charge on any atom is 0.274 e. The molecule has 0 saturated carbocycles. The van der Waals surface area contributed by atoms with E-state index in [9.17, 15) is 4.79 Å². The molecule has 0 bridgehead atoms. The number of hydrogen-bond donors (Lipinski definition) is 1. The molecule has 1 aromatic heterocycles. The van der Waals surface area contributed by atoms with Crippen molar-refractivity contribution in [3.05, 3.63) is 54.4 Å². The fraction of sp³-hybridized carbons (Fsp3) is 0.0714.